The first-order valence-corrected chi connectivity index (χ1v) is 20.4. The van der Waals surface area contributed by atoms with Gasteiger partial charge in [0, 0.05) is 65.3 Å². The van der Waals surface area contributed by atoms with E-state index in [4.69, 9.17) is 62.2 Å². The van der Waals surface area contributed by atoms with Crippen LogP contribution in [0.1, 0.15) is 94.5 Å². The van der Waals surface area contributed by atoms with Crippen LogP contribution in [0.15, 0.2) is 51.1 Å². The molecule has 0 bridgehead atoms. The van der Waals surface area contributed by atoms with E-state index < -0.39 is 18.3 Å². The van der Waals surface area contributed by atoms with E-state index in [9.17, 15) is 9.59 Å². The summed E-state index contributed by atoms with van der Waals surface area (Å²) >= 11 is 14.9. The molecule has 2 aromatic rings. The monoisotopic (exact) mass is 1030 g/mol. The number of aromatic nitrogens is 2. The first kappa shape index (κ1) is 62.0. The summed E-state index contributed by atoms with van der Waals surface area (Å²) in [6.07, 6.45) is 8.45. The van der Waals surface area contributed by atoms with Crippen molar-refractivity contribution in [3.8, 4) is 11.8 Å². The minimum Gasteiger partial charge on any atom is -1.00 e. The number of amides is 2. The topological polar surface area (TPSA) is 218 Å². The Hall–Kier alpha value is -0.992. The zero-order chi connectivity index (χ0) is 44.8. The van der Waals surface area contributed by atoms with E-state index in [0.717, 1.165) is 65.7 Å². The molecular formula is C40H56BBrCl2K2N6O11. The minimum atomic E-state index is -1.59. The number of carbonyl (C=O) groups excluding carboxylic acids is 3. The second-order valence-corrected chi connectivity index (χ2v) is 17.3. The second-order valence-electron chi connectivity index (χ2n) is 15.5. The van der Waals surface area contributed by atoms with Gasteiger partial charge in [0.1, 0.15) is 21.5 Å². The van der Waals surface area contributed by atoms with Crippen LogP contribution in [0.5, 0.6) is 11.8 Å². The Bertz CT molecular complexity index is 1960. The van der Waals surface area contributed by atoms with E-state index >= 15 is 0 Å². The van der Waals surface area contributed by atoms with Crippen LogP contribution >= 0.6 is 39.1 Å². The van der Waals surface area contributed by atoms with Crippen molar-refractivity contribution >= 4 is 87.4 Å². The largest absolute Gasteiger partial charge is 1.00 e. The molecule has 338 valence electrons. The number of allylic oxidation sites excluding steroid dienone is 2. The van der Waals surface area contributed by atoms with Crippen molar-refractivity contribution in [2.75, 3.05) is 27.3 Å². The number of ether oxygens (including phenoxy) is 4. The fourth-order valence-electron chi connectivity index (χ4n) is 6.35. The van der Waals surface area contributed by atoms with E-state index in [2.05, 4.69) is 40.8 Å². The van der Waals surface area contributed by atoms with Crippen LogP contribution in [0, 0.1) is 0 Å². The third-order valence-electron chi connectivity index (χ3n) is 8.74. The molecule has 0 spiro atoms. The zero-order valence-electron chi connectivity index (χ0n) is 37.8. The quantitative estimate of drug-likeness (QED) is 0.127. The maximum Gasteiger partial charge on any atom is 1.00 e. The molecule has 2 atom stereocenters. The predicted octanol–water partition coefficient (Wildman–Crippen LogP) is 0.410. The van der Waals surface area contributed by atoms with Gasteiger partial charge in [0.05, 0.1) is 26.3 Å². The molecule has 2 amide bonds. The first-order valence-electron chi connectivity index (χ1n) is 18.9. The Balaban J connectivity index is 0. The molecule has 63 heavy (non-hydrogen) atoms. The van der Waals surface area contributed by atoms with Crippen molar-refractivity contribution in [1.82, 2.24) is 19.8 Å². The van der Waals surface area contributed by atoms with Gasteiger partial charge in [-0.1, -0.05) is 52.6 Å². The Kier molecular flexibility index (Phi) is 29.2. The second kappa shape index (κ2) is 29.7. The van der Waals surface area contributed by atoms with E-state index in [-0.39, 0.29) is 159 Å². The van der Waals surface area contributed by atoms with E-state index in [0.29, 0.717) is 24.0 Å². The number of rotatable bonds is 7. The van der Waals surface area contributed by atoms with Crippen LogP contribution in [-0.4, -0.2) is 118 Å². The number of pyridine rings is 2. The van der Waals surface area contributed by atoms with Crippen molar-refractivity contribution in [1.29, 1.82) is 0 Å². The zero-order valence-corrected chi connectivity index (χ0v) is 46.2. The van der Waals surface area contributed by atoms with Crippen LogP contribution in [0.4, 0.5) is 9.59 Å². The van der Waals surface area contributed by atoms with Gasteiger partial charge in [-0.05, 0) is 91.0 Å². The standard InChI is InChI=1S/C19H24ClN3O3.C13H19BrN2O2.C6H7BClNO3.CH2O3.CH4.2K.H/c1-19(2,3)26-18(24)23-9-5-6-15(23)14-10-12(11-21-14)13-7-8-16(20)22-17(13)25-4;1-13(2,3)18-12(17)16-6-4-5-11(16)10-7-9(14)8-15-10;1-12-6-4(7(10)11)2-3-5(8)9-6;2-1-4-3;;;;/h7-8,11,15H,5-6,9-10H2,1-4H3;8,11H,4-7H2,1-3H3;2-3,10-11H,1H3;1,3H;1H4;;;/q;;;;;2*+1;-1/p-1/t15-;11-;;;;;;/m00....../s1. The number of halogens is 3. The summed E-state index contributed by atoms with van der Waals surface area (Å²) in [5.41, 5.74) is 3.16. The molecule has 0 aliphatic carbocycles. The summed E-state index contributed by atoms with van der Waals surface area (Å²) in [4.78, 5) is 56.4. The number of methoxy groups -OCH3 is 2. The van der Waals surface area contributed by atoms with Gasteiger partial charge in [0.25, 0.3) is 6.47 Å². The molecule has 0 unspecified atom stereocenters. The third kappa shape index (κ3) is 20.4. The maximum atomic E-state index is 12.5. The molecule has 0 radical (unpaired) electrons. The van der Waals surface area contributed by atoms with Crippen LogP contribution < -0.4 is 123 Å². The minimum absolute atomic E-state index is 0. The molecule has 4 aliphatic heterocycles. The average molecular weight is 1040 g/mol. The Morgan fingerprint density at radius 3 is 1.68 bits per heavy atom. The van der Waals surface area contributed by atoms with Gasteiger partial charge in [0.15, 0.2) is 0 Å². The predicted molar refractivity (Wildman–Crippen MR) is 237 cm³/mol. The van der Waals surface area contributed by atoms with Gasteiger partial charge in [-0.15, -0.1) is 0 Å². The normalized spacial score (nSPS) is 17.3. The number of hydrogen-bond acceptors (Lipinski definition) is 15. The molecular weight excluding hydrogens is 980 g/mol. The average Bonchev–Trinajstić information content (AvgIpc) is 4.01. The Morgan fingerprint density at radius 1 is 0.825 bits per heavy atom. The Labute approximate surface area is 475 Å². The van der Waals surface area contributed by atoms with Gasteiger partial charge >= 0.3 is 122 Å². The van der Waals surface area contributed by atoms with Crippen LogP contribution in [-0.2, 0) is 19.2 Å². The van der Waals surface area contributed by atoms with Crippen molar-refractivity contribution in [2.24, 2.45) is 9.98 Å². The molecule has 17 nitrogen and oxygen atoms in total. The molecule has 2 saturated heterocycles. The molecule has 6 heterocycles. The van der Waals surface area contributed by atoms with Gasteiger partial charge in [0.2, 0.25) is 11.8 Å². The number of likely N-dealkylation sites (tertiary alicyclic amines) is 2. The molecule has 0 saturated carbocycles. The maximum absolute atomic E-state index is 12.5. The fraction of sp³-hybridized carbons (Fsp3) is 0.525. The SMILES string of the molecule is C.CC(C)(C)OC(=O)N1CCC[C@H]1C1=NC=C(Br)C1.COc1nc(Cl)ccc1B(O)O.COc1nc(Cl)ccc1C1=CN=C([C@@H]2CCCN2C(=O)OC(C)(C)C)C1.O=CO[O-].[H-].[K+].[K+]. The molecule has 23 heteroatoms. The van der Waals surface area contributed by atoms with Crippen LogP contribution in [0.3, 0.4) is 0 Å². The summed E-state index contributed by atoms with van der Waals surface area (Å²) in [5.74, 6) is 0.605. The number of nitrogens with zero attached hydrogens (tertiary/aromatic N) is 6. The number of aliphatic imine (C=N–C) groups is 2. The van der Waals surface area contributed by atoms with Crippen molar-refractivity contribution < 1.29 is 158 Å². The van der Waals surface area contributed by atoms with Crippen molar-refractivity contribution in [2.45, 2.75) is 111 Å². The van der Waals surface area contributed by atoms with Gasteiger partial charge in [-0.3, -0.25) is 24.6 Å². The van der Waals surface area contributed by atoms with Crippen molar-refractivity contribution in [3.05, 3.63) is 57.0 Å². The van der Waals surface area contributed by atoms with Gasteiger partial charge < -0.3 is 40.6 Å². The summed E-state index contributed by atoms with van der Waals surface area (Å²) in [7, 11) is 1.36. The van der Waals surface area contributed by atoms with E-state index in [1.54, 1.807) is 18.1 Å². The third-order valence-corrected chi connectivity index (χ3v) is 9.65. The smallest absolute Gasteiger partial charge is 1.00 e. The summed E-state index contributed by atoms with van der Waals surface area (Å²) < 4.78 is 22.2. The van der Waals surface area contributed by atoms with Crippen LogP contribution in [0.25, 0.3) is 5.57 Å². The molecule has 2 fully saturated rings. The van der Waals surface area contributed by atoms with Gasteiger partial charge in [-0.2, -0.15) is 0 Å². The number of hydrogen-bond donors (Lipinski definition) is 2. The van der Waals surface area contributed by atoms with E-state index in [1.807, 2.05) is 64.9 Å². The van der Waals surface area contributed by atoms with Gasteiger partial charge in [-0.25, -0.2) is 19.6 Å². The molecule has 0 aromatic carbocycles. The summed E-state index contributed by atoms with van der Waals surface area (Å²) in [5, 5.41) is 26.7. The fourth-order valence-corrected chi connectivity index (χ4v) is 7.02. The molecule has 4 aliphatic rings. The van der Waals surface area contributed by atoms with Crippen molar-refractivity contribution in [3.63, 3.8) is 0 Å². The summed E-state index contributed by atoms with van der Waals surface area (Å²) in [6.45, 7) is 12.6. The molecule has 6 rings (SSSR count). The Morgan fingerprint density at radius 2 is 1.27 bits per heavy atom. The molecule has 2 N–H and O–H groups in total. The summed E-state index contributed by atoms with van der Waals surface area (Å²) in [6, 6.07) is 6.60. The molecule has 2 aromatic heterocycles. The van der Waals surface area contributed by atoms with E-state index in [1.165, 1.54) is 19.2 Å². The first-order chi connectivity index (χ1) is 28.2. The van der Waals surface area contributed by atoms with Crippen LogP contribution in [0.2, 0.25) is 10.3 Å². The number of carbonyl (C=O) groups is 3.